The van der Waals surface area contributed by atoms with Crippen LogP contribution < -0.4 is 5.32 Å². The molecule has 0 aromatic carbocycles. The zero-order chi connectivity index (χ0) is 8.85. The van der Waals surface area contributed by atoms with Crippen molar-refractivity contribution in [2.75, 3.05) is 14.2 Å². The number of nitrogens with one attached hydrogen (secondary N) is 1. The maximum atomic E-state index is 10.4. The van der Waals surface area contributed by atoms with Crippen LogP contribution in [0.1, 0.15) is 0 Å². The van der Waals surface area contributed by atoms with Gasteiger partial charge in [-0.1, -0.05) is 0 Å². The van der Waals surface area contributed by atoms with Gasteiger partial charge < -0.3 is 14.6 Å². The number of hydrogen-bond donors (Lipinski definition) is 2. The van der Waals surface area contributed by atoms with E-state index in [4.69, 9.17) is 5.11 Å². The lowest BCUT2D eigenvalue weighted by molar-refractivity contribution is -0.150. The van der Waals surface area contributed by atoms with E-state index in [1.165, 1.54) is 0 Å². The standard InChI is InChI=1S/C5H9NO5/c1-10-3(4(7)8)6-5(9)11-2/h3H,1-2H3,(H,6,9)(H,7,8). The van der Waals surface area contributed by atoms with Crippen LogP contribution in [-0.2, 0) is 14.3 Å². The molecule has 0 bridgehead atoms. The Morgan fingerprint density at radius 1 is 1.45 bits per heavy atom. The highest BCUT2D eigenvalue weighted by molar-refractivity contribution is 5.78. The van der Waals surface area contributed by atoms with Gasteiger partial charge in [0.25, 0.3) is 0 Å². The maximum Gasteiger partial charge on any atom is 0.409 e. The fourth-order valence-electron chi connectivity index (χ4n) is 0.387. The molecule has 6 nitrogen and oxygen atoms in total. The van der Waals surface area contributed by atoms with Crippen LogP contribution in [0.3, 0.4) is 0 Å². The third-order valence-electron chi connectivity index (χ3n) is 0.894. The maximum absolute atomic E-state index is 10.4. The molecule has 0 radical (unpaired) electrons. The summed E-state index contributed by atoms with van der Waals surface area (Å²) in [5.41, 5.74) is 0. The van der Waals surface area contributed by atoms with E-state index in [2.05, 4.69) is 9.47 Å². The van der Waals surface area contributed by atoms with Crippen molar-refractivity contribution >= 4 is 12.1 Å². The van der Waals surface area contributed by atoms with Crippen LogP contribution in [0.4, 0.5) is 4.79 Å². The number of amides is 1. The third kappa shape index (κ3) is 3.41. The molecule has 0 aromatic rings. The van der Waals surface area contributed by atoms with Gasteiger partial charge in [-0.25, -0.2) is 9.59 Å². The minimum absolute atomic E-state index is 0.848. The lowest BCUT2D eigenvalue weighted by Crippen LogP contribution is -2.41. The van der Waals surface area contributed by atoms with Crippen molar-refractivity contribution in [3.8, 4) is 0 Å². The number of carbonyl (C=O) groups excluding carboxylic acids is 1. The summed E-state index contributed by atoms with van der Waals surface area (Å²) < 4.78 is 8.51. The number of aliphatic carboxylic acids is 1. The van der Waals surface area contributed by atoms with E-state index in [1.54, 1.807) is 0 Å². The molecule has 1 amide bonds. The van der Waals surface area contributed by atoms with E-state index in [9.17, 15) is 9.59 Å². The molecule has 11 heavy (non-hydrogen) atoms. The quantitative estimate of drug-likeness (QED) is 0.542. The Bertz CT molecular complexity index is 157. The van der Waals surface area contributed by atoms with Gasteiger partial charge in [0.15, 0.2) is 0 Å². The fraction of sp³-hybridized carbons (Fsp3) is 0.600. The van der Waals surface area contributed by atoms with Crippen molar-refractivity contribution in [2.24, 2.45) is 0 Å². The summed E-state index contributed by atoms with van der Waals surface area (Å²) in [4.78, 5) is 20.6. The summed E-state index contributed by atoms with van der Waals surface area (Å²) in [5.74, 6) is -1.28. The Hall–Kier alpha value is -1.30. The lowest BCUT2D eigenvalue weighted by Gasteiger charge is -2.10. The average Bonchev–Trinajstić information content (AvgIpc) is 1.99. The van der Waals surface area contributed by atoms with Crippen LogP contribution in [0.15, 0.2) is 0 Å². The summed E-state index contributed by atoms with van der Waals surface area (Å²) in [5, 5.41) is 10.3. The van der Waals surface area contributed by atoms with E-state index in [1.807, 2.05) is 5.32 Å². The van der Waals surface area contributed by atoms with Gasteiger partial charge in [0.2, 0.25) is 6.23 Å². The van der Waals surface area contributed by atoms with E-state index in [0.717, 1.165) is 14.2 Å². The molecular weight excluding hydrogens is 154 g/mol. The van der Waals surface area contributed by atoms with Crippen molar-refractivity contribution in [1.29, 1.82) is 0 Å². The molecule has 1 unspecified atom stereocenters. The predicted octanol–water partition coefficient (Wildman–Crippen LogP) is -0.601. The van der Waals surface area contributed by atoms with Crippen molar-refractivity contribution < 1.29 is 24.2 Å². The Kier molecular flexibility index (Phi) is 3.97. The molecule has 0 rings (SSSR count). The zero-order valence-corrected chi connectivity index (χ0v) is 6.16. The number of carbonyl (C=O) groups is 2. The topological polar surface area (TPSA) is 84.9 Å². The van der Waals surface area contributed by atoms with Crippen molar-refractivity contribution in [3.05, 3.63) is 0 Å². The van der Waals surface area contributed by atoms with Gasteiger partial charge in [-0.3, -0.25) is 5.32 Å². The molecule has 64 valence electrons. The Morgan fingerprint density at radius 3 is 2.27 bits per heavy atom. The summed E-state index contributed by atoms with van der Waals surface area (Å²) in [7, 11) is 2.29. The second-order valence-corrected chi connectivity index (χ2v) is 1.59. The SMILES string of the molecule is COC(=O)NC(OC)C(=O)O. The molecule has 6 heteroatoms. The van der Waals surface area contributed by atoms with Gasteiger partial charge in [0.1, 0.15) is 0 Å². The Labute approximate surface area is 63.1 Å². The molecule has 0 aliphatic rings. The van der Waals surface area contributed by atoms with E-state index in [-0.39, 0.29) is 0 Å². The Balaban J connectivity index is 3.88. The first-order valence-electron chi connectivity index (χ1n) is 2.72. The smallest absolute Gasteiger partial charge is 0.409 e. The molecule has 0 fully saturated rings. The minimum Gasteiger partial charge on any atom is -0.478 e. The second-order valence-electron chi connectivity index (χ2n) is 1.59. The number of hydrogen-bond acceptors (Lipinski definition) is 4. The first-order valence-corrected chi connectivity index (χ1v) is 2.72. The molecule has 0 saturated heterocycles. The van der Waals surface area contributed by atoms with Crippen molar-refractivity contribution in [2.45, 2.75) is 6.23 Å². The molecule has 0 saturated carbocycles. The molecule has 0 aliphatic carbocycles. The number of rotatable bonds is 3. The van der Waals surface area contributed by atoms with Crippen LogP contribution in [0, 0.1) is 0 Å². The summed E-state index contributed by atoms with van der Waals surface area (Å²) >= 11 is 0. The molecule has 1 atom stereocenters. The molecule has 0 aliphatic heterocycles. The van der Waals surface area contributed by atoms with Gasteiger partial charge in [-0.2, -0.15) is 0 Å². The van der Waals surface area contributed by atoms with Gasteiger partial charge >= 0.3 is 12.1 Å². The van der Waals surface area contributed by atoms with E-state index in [0.29, 0.717) is 0 Å². The first kappa shape index (κ1) is 9.70. The van der Waals surface area contributed by atoms with Gasteiger partial charge in [0.05, 0.1) is 7.11 Å². The van der Waals surface area contributed by atoms with Crippen LogP contribution in [0.25, 0.3) is 0 Å². The van der Waals surface area contributed by atoms with Crippen molar-refractivity contribution in [3.63, 3.8) is 0 Å². The number of alkyl carbamates (subject to hydrolysis) is 1. The summed E-state index contributed by atoms with van der Waals surface area (Å²) in [6.45, 7) is 0. The largest absolute Gasteiger partial charge is 0.478 e. The van der Waals surface area contributed by atoms with Crippen LogP contribution in [0.5, 0.6) is 0 Å². The van der Waals surface area contributed by atoms with Gasteiger partial charge in [0, 0.05) is 7.11 Å². The van der Waals surface area contributed by atoms with Gasteiger partial charge in [-0.05, 0) is 0 Å². The van der Waals surface area contributed by atoms with Crippen LogP contribution >= 0.6 is 0 Å². The predicted molar refractivity (Wildman–Crippen MR) is 34.0 cm³/mol. The van der Waals surface area contributed by atoms with E-state index < -0.39 is 18.3 Å². The normalized spacial score (nSPS) is 11.8. The average molecular weight is 163 g/mol. The number of ether oxygens (including phenoxy) is 2. The van der Waals surface area contributed by atoms with Crippen LogP contribution in [0.2, 0.25) is 0 Å². The van der Waals surface area contributed by atoms with Crippen molar-refractivity contribution in [1.82, 2.24) is 5.32 Å². The lowest BCUT2D eigenvalue weighted by atomic mass is 10.6. The van der Waals surface area contributed by atoms with E-state index >= 15 is 0 Å². The molecular formula is C5H9NO5. The monoisotopic (exact) mass is 163 g/mol. The third-order valence-corrected chi connectivity index (χ3v) is 0.894. The first-order chi connectivity index (χ1) is 5.11. The molecule has 0 heterocycles. The number of carboxylic acids is 1. The minimum atomic E-state index is -1.36. The number of carboxylic acid groups (broad SMARTS) is 1. The summed E-state index contributed by atoms with van der Waals surface area (Å²) in [6, 6.07) is 0. The second kappa shape index (κ2) is 4.51. The Morgan fingerprint density at radius 2 is 2.00 bits per heavy atom. The molecule has 0 spiro atoms. The highest BCUT2D eigenvalue weighted by Crippen LogP contribution is 1.85. The highest BCUT2D eigenvalue weighted by Gasteiger charge is 2.18. The van der Waals surface area contributed by atoms with Crippen LogP contribution in [-0.4, -0.2) is 37.6 Å². The van der Waals surface area contributed by atoms with Gasteiger partial charge in [-0.15, -0.1) is 0 Å². The molecule has 2 N–H and O–H groups in total. The molecule has 0 aromatic heterocycles. The number of methoxy groups -OCH3 is 2. The fourth-order valence-corrected chi connectivity index (χ4v) is 0.387. The summed E-state index contributed by atoms with van der Waals surface area (Å²) in [6.07, 6.45) is -2.21. The highest BCUT2D eigenvalue weighted by atomic mass is 16.6. The zero-order valence-electron chi connectivity index (χ0n) is 6.16.